The van der Waals surface area contributed by atoms with Gasteiger partial charge in [0, 0.05) is 11.3 Å². The molecule has 1 aromatic carbocycles. The molecule has 3 rings (SSSR count). The van der Waals surface area contributed by atoms with Crippen LogP contribution in [0.3, 0.4) is 0 Å². The van der Waals surface area contributed by atoms with Crippen LogP contribution in [0, 0.1) is 18.3 Å². The van der Waals surface area contributed by atoms with Crippen LogP contribution in [-0.4, -0.2) is 11.8 Å². The molecule has 0 aliphatic carbocycles. The predicted molar refractivity (Wildman–Crippen MR) is 75.8 cm³/mol. The van der Waals surface area contributed by atoms with Gasteiger partial charge in [0.1, 0.15) is 11.6 Å². The summed E-state index contributed by atoms with van der Waals surface area (Å²) < 4.78 is 11.4. The Morgan fingerprint density at radius 2 is 2.15 bits per heavy atom. The van der Waals surface area contributed by atoms with Crippen molar-refractivity contribution in [1.29, 1.82) is 5.26 Å². The van der Waals surface area contributed by atoms with Crippen molar-refractivity contribution in [3.63, 3.8) is 0 Å². The number of aryl methyl sites for hydroxylation is 1. The minimum atomic E-state index is -0.392. The van der Waals surface area contributed by atoms with Crippen LogP contribution in [0.1, 0.15) is 11.3 Å². The molecule has 0 bridgehead atoms. The van der Waals surface area contributed by atoms with E-state index in [1.807, 2.05) is 12.1 Å². The molecular weight excluding hydrogens is 324 g/mol. The Hall–Kier alpha value is -2.26. The number of hydrogen-bond donors (Lipinski definition) is 1. The molecule has 5 nitrogen and oxygen atoms in total. The fourth-order valence-corrected chi connectivity index (χ4v) is 2.71. The molecule has 0 saturated heterocycles. The molecule has 0 radical (unpaired) electrons. The minimum Gasteiger partial charge on any atom is -0.454 e. The molecule has 0 unspecified atom stereocenters. The van der Waals surface area contributed by atoms with Gasteiger partial charge in [0.2, 0.25) is 6.79 Å². The molecule has 0 atom stereocenters. The maximum atomic E-state index is 11.8. The Bertz CT molecular complexity index is 805. The largest absolute Gasteiger partial charge is 0.454 e. The van der Waals surface area contributed by atoms with Crippen LogP contribution in [0.5, 0.6) is 11.5 Å². The summed E-state index contributed by atoms with van der Waals surface area (Å²) in [5.74, 6) is 1.23. The fraction of sp³-hybridized carbons (Fsp3) is 0.143. The number of ether oxygens (including phenoxy) is 2. The zero-order valence-electron chi connectivity index (χ0n) is 10.5. The number of aromatic amines is 1. The number of nitrogens with zero attached hydrogens (tertiary/aromatic N) is 1. The van der Waals surface area contributed by atoms with Crippen LogP contribution in [-0.2, 0) is 0 Å². The SMILES string of the molecule is Cc1cc(-c2cc(Br)c3c(c2)OCO3)c(C#N)c(=O)[nH]1. The van der Waals surface area contributed by atoms with Gasteiger partial charge in [-0.2, -0.15) is 5.26 Å². The summed E-state index contributed by atoms with van der Waals surface area (Å²) in [7, 11) is 0. The molecule has 2 aromatic rings. The summed E-state index contributed by atoms with van der Waals surface area (Å²) in [6, 6.07) is 7.29. The van der Waals surface area contributed by atoms with Crippen molar-refractivity contribution in [1.82, 2.24) is 4.98 Å². The number of benzene rings is 1. The van der Waals surface area contributed by atoms with Crippen molar-refractivity contribution in [3.8, 4) is 28.7 Å². The van der Waals surface area contributed by atoms with Crippen molar-refractivity contribution in [2.75, 3.05) is 6.79 Å². The van der Waals surface area contributed by atoms with Crippen LogP contribution in [0.15, 0.2) is 27.5 Å². The zero-order chi connectivity index (χ0) is 14.3. The third kappa shape index (κ3) is 1.96. The highest BCUT2D eigenvalue weighted by Gasteiger charge is 2.20. The van der Waals surface area contributed by atoms with Gasteiger partial charge >= 0.3 is 0 Å². The molecule has 0 amide bonds. The van der Waals surface area contributed by atoms with Crippen molar-refractivity contribution >= 4 is 15.9 Å². The lowest BCUT2D eigenvalue weighted by molar-refractivity contribution is 0.173. The van der Waals surface area contributed by atoms with E-state index >= 15 is 0 Å². The number of fused-ring (bicyclic) bond motifs is 1. The summed E-state index contributed by atoms with van der Waals surface area (Å²) in [6.07, 6.45) is 0. The van der Waals surface area contributed by atoms with E-state index in [2.05, 4.69) is 20.9 Å². The first kappa shape index (κ1) is 12.8. The third-order valence-corrected chi connectivity index (χ3v) is 3.61. The number of H-pyrrole nitrogens is 1. The standard InChI is InChI=1S/C14H9BrN2O3/c1-7-2-9(10(5-16)14(18)17-7)8-3-11(15)13-12(4-8)19-6-20-13/h2-4H,6H2,1H3,(H,17,18). The highest BCUT2D eigenvalue weighted by Crippen LogP contribution is 2.42. The first-order valence-electron chi connectivity index (χ1n) is 5.83. The zero-order valence-corrected chi connectivity index (χ0v) is 12.1. The highest BCUT2D eigenvalue weighted by atomic mass is 79.9. The number of aromatic nitrogens is 1. The van der Waals surface area contributed by atoms with Gasteiger partial charge in [-0.05, 0) is 46.6 Å². The highest BCUT2D eigenvalue weighted by molar-refractivity contribution is 9.10. The molecule has 1 aromatic heterocycles. The smallest absolute Gasteiger partial charge is 0.266 e. The normalized spacial score (nSPS) is 12.2. The Balaban J connectivity index is 2.27. The number of rotatable bonds is 1. The first-order valence-corrected chi connectivity index (χ1v) is 6.63. The average Bonchev–Trinajstić information content (AvgIpc) is 2.86. The van der Waals surface area contributed by atoms with Gasteiger partial charge in [-0.1, -0.05) is 0 Å². The van der Waals surface area contributed by atoms with Crippen LogP contribution in [0.25, 0.3) is 11.1 Å². The lowest BCUT2D eigenvalue weighted by Gasteiger charge is -2.08. The van der Waals surface area contributed by atoms with E-state index in [9.17, 15) is 10.1 Å². The second-order valence-corrected chi connectivity index (χ2v) is 5.23. The maximum Gasteiger partial charge on any atom is 0.266 e. The summed E-state index contributed by atoms with van der Waals surface area (Å²) in [4.78, 5) is 14.5. The third-order valence-electron chi connectivity index (χ3n) is 3.02. The number of pyridine rings is 1. The molecule has 6 heteroatoms. The van der Waals surface area contributed by atoms with Crippen molar-refractivity contribution in [2.45, 2.75) is 6.92 Å². The van der Waals surface area contributed by atoms with Crippen molar-refractivity contribution in [3.05, 3.63) is 44.3 Å². The summed E-state index contributed by atoms with van der Waals surface area (Å²) >= 11 is 3.41. The van der Waals surface area contributed by atoms with E-state index in [0.29, 0.717) is 22.8 Å². The van der Waals surface area contributed by atoms with E-state index in [4.69, 9.17) is 9.47 Å². The van der Waals surface area contributed by atoms with Gasteiger partial charge in [0.05, 0.1) is 4.47 Å². The van der Waals surface area contributed by atoms with Gasteiger partial charge in [-0.3, -0.25) is 4.79 Å². The lowest BCUT2D eigenvalue weighted by Crippen LogP contribution is -2.12. The quantitative estimate of drug-likeness (QED) is 0.871. The molecule has 2 heterocycles. The monoisotopic (exact) mass is 332 g/mol. The van der Waals surface area contributed by atoms with Crippen molar-refractivity contribution < 1.29 is 9.47 Å². The topological polar surface area (TPSA) is 75.1 Å². The number of nitrogens with one attached hydrogen (secondary N) is 1. The second kappa shape index (κ2) is 4.69. The summed E-state index contributed by atoms with van der Waals surface area (Å²) in [6.45, 7) is 1.94. The molecular formula is C14H9BrN2O3. The van der Waals surface area contributed by atoms with Crippen LogP contribution >= 0.6 is 15.9 Å². The Labute approximate surface area is 122 Å². The van der Waals surface area contributed by atoms with Gasteiger partial charge in [0.25, 0.3) is 5.56 Å². The van der Waals surface area contributed by atoms with E-state index in [1.165, 1.54) is 0 Å². The molecule has 1 aliphatic heterocycles. The maximum absolute atomic E-state index is 11.8. The van der Waals surface area contributed by atoms with Crippen molar-refractivity contribution in [2.24, 2.45) is 0 Å². The van der Waals surface area contributed by atoms with Gasteiger partial charge in [0.15, 0.2) is 11.5 Å². The second-order valence-electron chi connectivity index (χ2n) is 4.37. The Morgan fingerprint density at radius 3 is 2.90 bits per heavy atom. The Morgan fingerprint density at radius 1 is 1.35 bits per heavy atom. The van der Waals surface area contributed by atoms with Gasteiger partial charge < -0.3 is 14.5 Å². The van der Waals surface area contributed by atoms with E-state index in [-0.39, 0.29) is 12.4 Å². The molecule has 1 N–H and O–H groups in total. The van der Waals surface area contributed by atoms with E-state index < -0.39 is 5.56 Å². The minimum absolute atomic E-state index is 0.0846. The molecule has 0 fully saturated rings. The summed E-state index contributed by atoms with van der Waals surface area (Å²) in [5, 5.41) is 9.18. The number of hydrogen-bond acceptors (Lipinski definition) is 4. The van der Waals surface area contributed by atoms with Crippen LogP contribution in [0.4, 0.5) is 0 Å². The van der Waals surface area contributed by atoms with E-state index in [0.717, 1.165) is 10.0 Å². The Kier molecular flexibility index (Phi) is 2.99. The van der Waals surface area contributed by atoms with Crippen LogP contribution < -0.4 is 15.0 Å². The van der Waals surface area contributed by atoms with Gasteiger partial charge in [-0.25, -0.2) is 0 Å². The van der Waals surface area contributed by atoms with Crippen LogP contribution in [0.2, 0.25) is 0 Å². The molecule has 20 heavy (non-hydrogen) atoms. The number of nitriles is 1. The average molecular weight is 333 g/mol. The summed E-state index contributed by atoms with van der Waals surface area (Å²) in [5.41, 5.74) is 1.69. The number of halogens is 1. The molecule has 100 valence electrons. The fourth-order valence-electron chi connectivity index (χ4n) is 2.15. The lowest BCUT2D eigenvalue weighted by atomic mass is 10.0. The van der Waals surface area contributed by atoms with Gasteiger partial charge in [-0.15, -0.1) is 0 Å². The molecule has 1 aliphatic rings. The molecule has 0 spiro atoms. The molecule has 0 saturated carbocycles. The first-order chi connectivity index (χ1) is 9.60. The predicted octanol–water partition coefficient (Wildman–Crippen LogP) is 2.71. The van der Waals surface area contributed by atoms with E-state index in [1.54, 1.807) is 19.1 Å².